The van der Waals surface area contributed by atoms with E-state index in [0.29, 0.717) is 28.8 Å². The van der Waals surface area contributed by atoms with Crippen LogP contribution in [0, 0.1) is 30.0 Å². The minimum Gasteiger partial charge on any atom is -0.352 e. The van der Waals surface area contributed by atoms with Gasteiger partial charge < -0.3 is 15.6 Å². The Morgan fingerprint density at radius 3 is 2.73 bits per heavy atom. The second-order valence-electron chi connectivity index (χ2n) is 8.67. The Morgan fingerprint density at radius 1 is 1.33 bits per heavy atom. The molecule has 2 unspecified atom stereocenters. The van der Waals surface area contributed by atoms with Crippen molar-refractivity contribution in [2.24, 2.45) is 5.92 Å². The molecular formula is C23H27FN4O2. The zero-order chi connectivity index (χ0) is 21.4. The lowest BCUT2D eigenvalue weighted by molar-refractivity contribution is -0.121. The van der Waals surface area contributed by atoms with Crippen molar-refractivity contribution in [3.05, 3.63) is 45.0 Å². The molecule has 1 aliphatic heterocycles. The van der Waals surface area contributed by atoms with Crippen LogP contribution in [0.2, 0.25) is 0 Å². The molecule has 30 heavy (non-hydrogen) atoms. The van der Waals surface area contributed by atoms with E-state index in [0.717, 1.165) is 31.1 Å². The molecule has 3 atom stereocenters. The second-order valence-corrected chi connectivity index (χ2v) is 8.67. The number of hydrogen-bond donors (Lipinski definition) is 3. The van der Waals surface area contributed by atoms with Gasteiger partial charge in [-0.25, -0.2) is 4.39 Å². The van der Waals surface area contributed by atoms with Gasteiger partial charge in [-0.1, -0.05) is 0 Å². The van der Waals surface area contributed by atoms with Gasteiger partial charge in [-0.2, -0.15) is 5.26 Å². The summed E-state index contributed by atoms with van der Waals surface area (Å²) in [4.78, 5) is 28.2. The lowest BCUT2D eigenvalue weighted by atomic mass is 9.92. The molecular weight excluding hydrogens is 383 g/mol. The summed E-state index contributed by atoms with van der Waals surface area (Å²) in [5, 5.41) is 16.1. The first-order valence-electron chi connectivity index (χ1n) is 10.6. The lowest BCUT2D eigenvalue weighted by Crippen LogP contribution is -2.52. The number of nitrogens with one attached hydrogen (secondary N) is 3. The van der Waals surface area contributed by atoms with Crippen molar-refractivity contribution in [1.29, 1.82) is 5.26 Å². The maximum Gasteiger partial charge on any atom is 0.252 e. The van der Waals surface area contributed by atoms with E-state index in [2.05, 4.69) is 21.7 Å². The van der Waals surface area contributed by atoms with Crippen molar-refractivity contribution < 1.29 is 9.18 Å². The van der Waals surface area contributed by atoms with E-state index in [1.54, 1.807) is 13.0 Å². The van der Waals surface area contributed by atoms with Crippen LogP contribution in [0.1, 0.15) is 55.2 Å². The summed E-state index contributed by atoms with van der Waals surface area (Å²) in [5.41, 5.74) is 2.06. The quantitative estimate of drug-likeness (QED) is 0.706. The van der Waals surface area contributed by atoms with Crippen LogP contribution in [0.4, 0.5) is 4.39 Å². The minimum atomic E-state index is -0.302. The zero-order valence-electron chi connectivity index (χ0n) is 17.3. The van der Waals surface area contributed by atoms with Crippen LogP contribution in [-0.2, 0) is 11.2 Å². The first kappa shape index (κ1) is 20.5. The van der Waals surface area contributed by atoms with Gasteiger partial charge in [0, 0.05) is 40.7 Å². The number of nitriles is 1. The molecule has 6 nitrogen and oxygen atoms in total. The normalized spacial score (nSPS) is 22.5. The summed E-state index contributed by atoms with van der Waals surface area (Å²) in [6, 6.07) is 5.26. The summed E-state index contributed by atoms with van der Waals surface area (Å²) in [6.45, 7) is 4.36. The number of nitrogens with zero attached hydrogens (tertiary/aromatic N) is 1. The average molecular weight is 410 g/mol. The molecule has 1 amide bonds. The van der Waals surface area contributed by atoms with Gasteiger partial charge in [0.1, 0.15) is 5.82 Å². The van der Waals surface area contributed by atoms with Crippen molar-refractivity contribution in [1.82, 2.24) is 15.6 Å². The predicted molar refractivity (Wildman–Crippen MR) is 113 cm³/mol. The fraction of sp³-hybridized carbons (Fsp3) is 0.522. The molecule has 7 heteroatoms. The summed E-state index contributed by atoms with van der Waals surface area (Å²) in [7, 11) is 0. The third-order valence-corrected chi connectivity index (χ3v) is 6.49. The van der Waals surface area contributed by atoms with Gasteiger partial charge >= 0.3 is 0 Å². The third-order valence-electron chi connectivity index (χ3n) is 6.49. The molecule has 2 heterocycles. The monoisotopic (exact) mass is 410 g/mol. The van der Waals surface area contributed by atoms with Crippen molar-refractivity contribution in [3.63, 3.8) is 0 Å². The molecule has 2 aliphatic rings. The number of carbonyl (C=O) groups excluding carboxylic acids is 1. The van der Waals surface area contributed by atoms with Crippen LogP contribution in [0.5, 0.6) is 0 Å². The summed E-state index contributed by atoms with van der Waals surface area (Å²) >= 11 is 0. The van der Waals surface area contributed by atoms with Gasteiger partial charge in [0.05, 0.1) is 18.4 Å². The summed E-state index contributed by atoms with van der Waals surface area (Å²) < 4.78 is 14.5. The fourth-order valence-corrected chi connectivity index (χ4v) is 4.59. The van der Waals surface area contributed by atoms with Crippen LogP contribution >= 0.6 is 0 Å². The van der Waals surface area contributed by atoms with E-state index in [4.69, 9.17) is 5.26 Å². The molecule has 158 valence electrons. The molecule has 2 aromatic rings. The van der Waals surface area contributed by atoms with Crippen LogP contribution in [0.15, 0.2) is 16.9 Å². The van der Waals surface area contributed by atoms with Crippen molar-refractivity contribution >= 4 is 16.8 Å². The van der Waals surface area contributed by atoms with Gasteiger partial charge in [0.25, 0.3) is 5.56 Å². The average Bonchev–Trinajstić information content (AvgIpc) is 3.56. The van der Waals surface area contributed by atoms with Crippen molar-refractivity contribution in [2.45, 2.75) is 64.0 Å². The number of fused-ring (bicyclic) bond motifs is 1. The van der Waals surface area contributed by atoms with Crippen LogP contribution in [0.3, 0.4) is 0 Å². The van der Waals surface area contributed by atoms with Crippen molar-refractivity contribution in [2.75, 3.05) is 6.54 Å². The van der Waals surface area contributed by atoms with Gasteiger partial charge in [-0.3, -0.25) is 9.59 Å². The van der Waals surface area contributed by atoms with E-state index in [1.807, 2.05) is 6.92 Å². The highest BCUT2D eigenvalue weighted by atomic mass is 19.1. The number of aryl methyl sites for hydroxylation is 1. The summed E-state index contributed by atoms with van der Waals surface area (Å²) in [6.07, 6.45) is 3.48. The number of aromatic amines is 1. The SMILES string of the molecule is Cc1c(CC(=O)N[C@@H](C)C2CCC(C#N)CN2)c(=O)[nH]c2ccc(F)c(C3CC3)c12. The molecule has 0 spiro atoms. The highest BCUT2D eigenvalue weighted by molar-refractivity contribution is 5.89. The van der Waals surface area contributed by atoms with E-state index in [1.165, 1.54) is 6.07 Å². The number of pyridine rings is 1. The number of halogens is 1. The predicted octanol–water partition coefficient (Wildman–Crippen LogP) is 2.79. The molecule has 1 aromatic carbocycles. The number of rotatable bonds is 5. The van der Waals surface area contributed by atoms with Crippen molar-refractivity contribution in [3.8, 4) is 6.07 Å². The maximum absolute atomic E-state index is 14.5. The van der Waals surface area contributed by atoms with E-state index < -0.39 is 0 Å². The molecule has 0 bridgehead atoms. The maximum atomic E-state index is 14.5. The molecule has 1 saturated carbocycles. The van der Waals surface area contributed by atoms with Crippen LogP contribution in [0.25, 0.3) is 10.9 Å². The number of H-pyrrole nitrogens is 1. The molecule has 0 radical (unpaired) electrons. The Labute approximate surface area is 174 Å². The topological polar surface area (TPSA) is 97.8 Å². The Kier molecular flexibility index (Phi) is 5.61. The Hall–Kier alpha value is -2.72. The highest BCUT2D eigenvalue weighted by Gasteiger charge is 2.30. The van der Waals surface area contributed by atoms with Gasteiger partial charge in [0.15, 0.2) is 0 Å². The molecule has 3 N–H and O–H groups in total. The highest BCUT2D eigenvalue weighted by Crippen LogP contribution is 2.45. The van der Waals surface area contributed by atoms with Gasteiger partial charge in [-0.15, -0.1) is 0 Å². The van der Waals surface area contributed by atoms with Gasteiger partial charge in [-0.05, 0) is 63.1 Å². The number of aromatic nitrogens is 1. The Morgan fingerprint density at radius 2 is 2.10 bits per heavy atom. The fourth-order valence-electron chi connectivity index (χ4n) is 4.59. The van der Waals surface area contributed by atoms with E-state index >= 15 is 0 Å². The summed E-state index contributed by atoms with van der Waals surface area (Å²) in [5.74, 6) is -0.272. The standard InChI is InChI=1S/C23H27FN4O2/c1-12-16(9-20(29)27-13(2)18-7-3-14(10-25)11-26-18)23(30)28-19-8-6-17(24)22(21(12)19)15-4-5-15/h6,8,13-15,18,26H,3-5,7,9,11H2,1-2H3,(H,27,29)(H,28,30)/t13-,14?,18?/m0/s1. The second kappa shape index (κ2) is 8.19. The zero-order valence-corrected chi connectivity index (χ0v) is 17.3. The lowest BCUT2D eigenvalue weighted by Gasteiger charge is -2.31. The molecule has 4 rings (SSSR count). The molecule has 1 aromatic heterocycles. The van der Waals surface area contributed by atoms with E-state index in [-0.39, 0.29) is 47.6 Å². The number of benzene rings is 1. The minimum absolute atomic E-state index is 0.0176. The molecule has 1 aliphatic carbocycles. The van der Waals surface area contributed by atoms with Crippen LogP contribution < -0.4 is 16.2 Å². The first-order chi connectivity index (χ1) is 14.4. The largest absolute Gasteiger partial charge is 0.352 e. The number of carbonyl (C=O) groups is 1. The molecule has 1 saturated heterocycles. The van der Waals surface area contributed by atoms with Gasteiger partial charge in [0.2, 0.25) is 5.91 Å². The van der Waals surface area contributed by atoms with Crippen LogP contribution in [-0.4, -0.2) is 29.5 Å². The first-order valence-corrected chi connectivity index (χ1v) is 10.6. The molecule has 2 fully saturated rings. The Bertz CT molecular complexity index is 1080. The number of hydrogen-bond acceptors (Lipinski definition) is 4. The third kappa shape index (κ3) is 3.97. The number of piperidine rings is 1. The Balaban J connectivity index is 1.53. The smallest absolute Gasteiger partial charge is 0.252 e. The number of amides is 1. The van der Waals surface area contributed by atoms with E-state index in [9.17, 15) is 14.0 Å².